The van der Waals surface area contributed by atoms with Gasteiger partial charge in [-0.05, 0) is 18.9 Å². The lowest BCUT2D eigenvalue weighted by atomic mass is 10.2. The first kappa shape index (κ1) is 11.9. The van der Waals surface area contributed by atoms with Gasteiger partial charge in [-0.3, -0.25) is 9.58 Å². The lowest BCUT2D eigenvalue weighted by Crippen LogP contribution is -2.21. The lowest BCUT2D eigenvalue weighted by molar-refractivity contribution is 0.312. The summed E-state index contributed by atoms with van der Waals surface area (Å²) in [5.41, 5.74) is 0.803. The predicted octanol–water partition coefficient (Wildman–Crippen LogP) is 1.86. The minimum atomic E-state index is 0.496. The van der Waals surface area contributed by atoms with Gasteiger partial charge in [-0.1, -0.05) is 18.5 Å². The van der Waals surface area contributed by atoms with Crippen molar-refractivity contribution < 1.29 is 0 Å². The fraction of sp³-hybridized carbons (Fsp3) is 0.583. The van der Waals surface area contributed by atoms with Gasteiger partial charge in [0.1, 0.15) is 11.0 Å². The van der Waals surface area contributed by atoms with E-state index in [1.54, 1.807) is 10.9 Å². The summed E-state index contributed by atoms with van der Waals surface area (Å²) in [6.45, 7) is 5.28. The predicted molar refractivity (Wildman–Crippen MR) is 70.4 cm³/mol. The second-order valence-electron chi connectivity index (χ2n) is 5.07. The molecular formula is C12H16ClN5. The molecule has 1 unspecified atom stereocenters. The van der Waals surface area contributed by atoms with Crippen LogP contribution in [-0.2, 0) is 13.6 Å². The van der Waals surface area contributed by atoms with Crippen molar-refractivity contribution in [1.82, 2.24) is 24.6 Å². The van der Waals surface area contributed by atoms with E-state index in [4.69, 9.17) is 11.6 Å². The van der Waals surface area contributed by atoms with Crippen LogP contribution in [-0.4, -0.2) is 37.7 Å². The molecule has 0 saturated carbocycles. The zero-order valence-electron chi connectivity index (χ0n) is 10.6. The third kappa shape index (κ3) is 2.08. The molecule has 1 aliphatic heterocycles. The molecule has 0 aliphatic carbocycles. The third-order valence-electron chi connectivity index (χ3n) is 3.46. The van der Waals surface area contributed by atoms with Crippen LogP contribution in [0.1, 0.15) is 19.2 Å². The summed E-state index contributed by atoms with van der Waals surface area (Å²) >= 11 is 6.17. The quantitative estimate of drug-likeness (QED) is 0.778. The molecule has 0 spiro atoms. The number of hydrogen-bond donors (Lipinski definition) is 0. The first-order valence-electron chi connectivity index (χ1n) is 6.20. The van der Waals surface area contributed by atoms with Crippen molar-refractivity contribution in [3.8, 4) is 0 Å². The molecule has 0 aromatic carbocycles. The summed E-state index contributed by atoms with van der Waals surface area (Å²) in [6, 6.07) is 0. The van der Waals surface area contributed by atoms with Crippen LogP contribution in [0.4, 0.5) is 0 Å². The van der Waals surface area contributed by atoms with E-state index in [2.05, 4.69) is 26.9 Å². The maximum Gasteiger partial charge on any atom is 0.162 e. The van der Waals surface area contributed by atoms with Crippen LogP contribution in [0.2, 0.25) is 5.15 Å². The Kier molecular flexibility index (Phi) is 2.95. The molecule has 96 valence electrons. The molecular weight excluding hydrogens is 250 g/mol. The van der Waals surface area contributed by atoms with Gasteiger partial charge in [-0.15, -0.1) is 0 Å². The second kappa shape index (κ2) is 4.48. The Morgan fingerprint density at radius 2 is 2.28 bits per heavy atom. The zero-order chi connectivity index (χ0) is 12.7. The molecule has 1 atom stereocenters. The molecule has 18 heavy (non-hydrogen) atoms. The van der Waals surface area contributed by atoms with Crippen LogP contribution < -0.4 is 0 Å². The van der Waals surface area contributed by atoms with Gasteiger partial charge >= 0.3 is 0 Å². The van der Waals surface area contributed by atoms with Gasteiger partial charge in [0.05, 0.1) is 18.1 Å². The summed E-state index contributed by atoms with van der Waals surface area (Å²) in [7, 11) is 1.87. The highest BCUT2D eigenvalue weighted by molar-refractivity contribution is 6.33. The SMILES string of the molecule is CC1CCN(Cc2nc(Cl)c3cnn(C)c3n2)C1. The average molecular weight is 266 g/mol. The second-order valence-corrected chi connectivity index (χ2v) is 5.42. The van der Waals surface area contributed by atoms with Crippen LogP contribution in [0.25, 0.3) is 11.0 Å². The van der Waals surface area contributed by atoms with Crippen LogP contribution >= 0.6 is 11.6 Å². The molecule has 0 bridgehead atoms. The maximum absolute atomic E-state index is 6.17. The van der Waals surface area contributed by atoms with Crippen molar-refractivity contribution in [3.63, 3.8) is 0 Å². The van der Waals surface area contributed by atoms with Gasteiger partial charge in [0.25, 0.3) is 0 Å². The lowest BCUT2D eigenvalue weighted by Gasteiger charge is -2.14. The molecule has 3 heterocycles. The van der Waals surface area contributed by atoms with Crippen LogP contribution in [0, 0.1) is 5.92 Å². The van der Waals surface area contributed by atoms with Crippen molar-refractivity contribution in [2.75, 3.05) is 13.1 Å². The maximum atomic E-state index is 6.17. The van der Waals surface area contributed by atoms with E-state index in [1.165, 1.54) is 6.42 Å². The molecule has 0 amide bonds. The fourth-order valence-corrected chi connectivity index (χ4v) is 2.70. The van der Waals surface area contributed by atoms with Crippen LogP contribution in [0.15, 0.2) is 6.20 Å². The molecule has 1 saturated heterocycles. The number of fused-ring (bicyclic) bond motifs is 1. The Morgan fingerprint density at radius 3 is 3.00 bits per heavy atom. The molecule has 2 aromatic rings. The molecule has 0 N–H and O–H groups in total. The first-order chi connectivity index (χ1) is 8.63. The molecule has 1 fully saturated rings. The number of aryl methyl sites for hydroxylation is 1. The molecule has 3 rings (SSSR count). The van der Waals surface area contributed by atoms with E-state index in [9.17, 15) is 0 Å². The summed E-state index contributed by atoms with van der Waals surface area (Å²) in [4.78, 5) is 11.3. The Morgan fingerprint density at radius 1 is 1.44 bits per heavy atom. The Bertz CT molecular complexity index is 579. The van der Waals surface area contributed by atoms with Gasteiger partial charge < -0.3 is 0 Å². The summed E-state index contributed by atoms with van der Waals surface area (Å²) in [5.74, 6) is 1.55. The fourth-order valence-electron chi connectivity index (χ4n) is 2.47. The highest BCUT2D eigenvalue weighted by Gasteiger charge is 2.20. The number of rotatable bonds is 2. The number of aromatic nitrogens is 4. The summed E-state index contributed by atoms with van der Waals surface area (Å²) in [5, 5.41) is 5.47. The van der Waals surface area contributed by atoms with Crippen molar-refractivity contribution >= 4 is 22.6 Å². The minimum absolute atomic E-state index is 0.496. The smallest absolute Gasteiger partial charge is 0.162 e. The summed E-state index contributed by atoms with van der Waals surface area (Å²) < 4.78 is 1.74. The highest BCUT2D eigenvalue weighted by atomic mass is 35.5. The van der Waals surface area contributed by atoms with E-state index in [0.29, 0.717) is 5.15 Å². The summed E-state index contributed by atoms with van der Waals surface area (Å²) in [6.07, 6.45) is 2.96. The molecule has 1 aliphatic rings. The van der Waals surface area contributed by atoms with Gasteiger partial charge in [0.2, 0.25) is 0 Å². The standard InChI is InChI=1S/C12H16ClN5/c1-8-3-4-18(6-8)7-10-15-11(13)9-5-14-17(2)12(9)16-10/h5,8H,3-4,6-7H2,1-2H3. The highest BCUT2D eigenvalue weighted by Crippen LogP contribution is 2.21. The monoisotopic (exact) mass is 265 g/mol. The van der Waals surface area contributed by atoms with Crippen LogP contribution in [0.3, 0.4) is 0 Å². The van der Waals surface area contributed by atoms with Crippen molar-refractivity contribution in [1.29, 1.82) is 0 Å². The van der Waals surface area contributed by atoms with E-state index in [1.807, 2.05) is 7.05 Å². The topological polar surface area (TPSA) is 46.8 Å². The van der Waals surface area contributed by atoms with Gasteiger partial charge in [-0.25, -0.2) is 9.97 Å². The normalized spacial score (nSPS) is 20.9. The van der Waals surface area contributed by atoms with E-state index in [0.717, 1.165) is 42.4 Å². The number of hydrogen-bond acceptors (Lipinski definition) is 4. The van der Waals surface area contributed by atoms with E-state index < -0.39 is 0 Å². The largest absolute Gasteiger partial charge is 0.296 e. The van der Waals surface area contributed by atoms with Crippen molar-refractivity contribution in [2.45, 2.75) is 19.9 Å². The molecule has 6 heteroatoms. The van der Waals surface area contributed by atoms with E-state index in [-0.39, 0.29) is 0 Å². The van der Waals surface area contributed by atoms with E-state index >= 15 is 0 Å². The Balaban J connectivity index is 1.90. The van der Waals surface area contributed by atoms with Crippen molar-refractivity contribution in [3.05, 3.63) is 17.2 Å². The number of likely N-dealkylation sites (tertiary alicyclic amines) is 1. The van der Waals surface area contributed by atoms with Crippen molar-refractivity contribution in [2.24, 2.45) is 13.0 Å². The Hall–Kier alpha value is -1.20. The number of halogens is 1. The minimum Gasteiger partial charge on any atom is -0.296 e. The molecule has 5 nitrogen and oxygen atoms in total. The molecule has 2 aromatic heterocycles. The average Bonchev–Trinajstić information content (AvgIpc) is 2.87. The zero-order valence-corrected chi connectivity index (χ0v) is 11.4. The first-order valence-corrected chi connectivity index (χ1v) is 6.58. The third-order valence-corrected chi connectivity index (χ3v) is 3.75. The van der Waals surface area contributed by atoms with Gasteiger partial charge in [0.15, 0.2) is 5.65 Å². The van der Waals surface area contributed by atoms with Crippen LogP contribution in [0.5, 0.6) is 0 Å². The van der Waals surface area contributed by atoms with Gasteiger partial charge in [-0.2, -0.15) is 5.10 Å². The van der Waals surface area contributed by atoms with Gasteiger partial charge in [0, 0.05) is 13.6 Å². The number of nitrogens with zero attached hydrogens (tertiary/aromatic N) is 5. The Labute approximate surface area is 111 Å². The molecule has 0 radical (unpaired) electrons.